The van der Waals surface area contributed by atoms with Gasteiger partial charge in [-0.1, -0.05) is 18.0 Å². The summed E-state index contributed by atoms with van der Waals surface area (Å²) in [6.07, 6.45) is 5.42. The topological polar surface area (TPSA) is 49.4 Å². The summed E-state index contributed by atoms with van der Waals surface area (Å²) in [6, 6.07) is 5.72. The van der Waals surface area contributed by atoms with Gasteiger partial charge >= 0.3 is 0 Å². The van der Waals surface area contributed by atoms with Gasteiger partial charge in [-0.25, -0.2) is 8.42 Å². The quantitative estimate of drug-likeness (QED) is 0.873. The molecule has 0 atom stereocenters. The lowest BCUT2D eigenvalue weighted by Crippen LogP contribution is -2.41. The summed E-state index contributed by atoms with van der Waals surface area (Å²) in [5.74, 6) is 0. The normalized spacial score (nSPS) is 19.8. The summed E-state index contributed by atoms with van der Waals surface area (Å²) >= 11 is 6.18. The Kier molecular flexibility index (Phi) is 4.28. The van der Waals surface area contributed by atoms with E-state index in [1.54, 1.807) is 25.2 Å². The molecule has 4 nitrogen and oxygen atoms in total. The van der Waals surface area contributed by atoms with Crippen LogP contribution in [0.3, 0.4) is 0 Å². The zero-order valence-electron chi connectivity index (χ0n) is 12.2. The van der Waals surface area contributed by atoms with Gasteiger partial charge in [-0.05, 0) is 49.4 Å². The van der Waals surface area contributed by atoms with Gasteiger partial charge in [0.15, 0.2) is 0 Å². The molecule has 21 heavy (non-hydrogen) atoms. The summed E-state index contributed by atoms with van der Waals surface area (Å²) in [5, 5.41) is 3.99. The van der Waals surface area contributed by atoms with E-state index in [-0.39, 0.29) is 6.04 Å². The number of nitrogens with zero attached hydrogens (tertiary/aromatic N) is 1. The highest BCUT2D eigenvalue weighted by Crippen LogP contribution is 2.30. The lowest BCUT2D eigenvalue weighted by molar-refractivity contribution is 0.249. The van der Waals surface area contributed by atoms with E-state index in [2.05, 4.69) is 5.32 Å². The number of rotatable bonds is 6. The van der Waals surface area contributed by atoms with Crippen molar-refractivity contribution in [3.63, 3.8) is 0 Å². The second kappa shape index (κ2) is 5.88. The van der Waals surface area contributed by atoms with E-state index in [4.69, 9.17) is 11.6 Å². The predicted octanol–water partition coefficient (Wildman–Crippen LogP) is 2.77. The van der Waals surface area contributed by atoms with Crippen LogP contribution in [0.5, 0.6) is 0 Å². The molecule has 0 heterocycles. The monoisotopic (exact) mass is 328 g/mol. The minimum absolute atomic E-state index is 0.152. The van der Waals surface area contributed by atoms with Crippen LogP contribution < -0.4 is 5.32 Å². The molecule has 0 bridgehead atoms. The van der Waals surface area contributed by atoms with Gasteiger partial charge in [0.05, 0.1) is 4.90 Å². The third kappa shape index (κ3) is 3.26. The number of sulfonamides is 1. The molecule has 3 rings (SSSR count). The van der Waals surface area contributed by atoms with Crippen molar-refractivity contribution in [1.82, 2.24) is 9.62 Å². The van der Waals surface area contributed by atoms with Crippen LogP contribution in [0, 0.1) is 0 Å². The van der Waals surface area contributed by atoms with Crippen molar-refractivity contribution in [2.24, 2.45) is 0 Å². The van der Waals surface area contributed by atoms with Gasteiger partial charge in [-0.2, -0.15) is 4.31 Å². The van der Waals surface area contributed by atoms with Crippen molar-refractivity contribution in [3.8, 4) is 0 Å². The smallest absolute Gasteiger partial charge is 0.243 e. The van der Waals surface area contributed by atoms with Gasteiger partial charge in [-0.3, -0.25) is 0 Å². The number of nitrogens with one attached hydrogen (secondary N) is 1. The molecule has 1 aromatic carbocycles. The maximum Gasteiger partial charge on any atom is 0.243 e. The molecule has 0 aliphatic heterocycles. The fourth-order valence-corrected chi connectivity index (χ4v) is 4.15. The van der Waals surface area contributed by atoms with E-state index in [0.29, 0.717) is 22.5 Å². The Morgan fingerprint density at radius 1 is 1.29 bits per heavy atom. The summed E-state index contributed by atoms with van der Waals surface area (Å²) in [5.41, 5.74) is 0.853. The predicted molar refractivity (Wildman–Crippen MR) is 83.9 cm³/mol. The summed E-state index contributed by atoms with van der Waals surface area (Å²) in [4.78, 5) is 0.342. The first kappa shape index (κ1) is 15.3. The molecule has 2 fully saturated rings. The molecular formula is C15H21ClN2O2S. The van der Waals surface area contributed by atoms with Crippen molar-refractivity contribution < 1.29 is 8.42 Å². The summed E-state index contributed by atoms with van der Waals surface area (Å²) in [7, 11) is -1.74. The minimum Gasteiger partial charge on any atom is -0.310 e. The molecular weight excluding hydrogens is 308 g/mol. The Morgan fingerprint density at radius 3 is 2.57 bits per heavy atom. The average Bonchev–Trinajstić information content (AvgIpc) is 3.19. The van der Waals surface area contributed by atoms with Crippen LogP contribution in [-0.2, 0) is 16.6 Å². The van der Waals surface area contributed by atoms with Gasteiger partial charge in [-0.15, -0.1) is 0 Å². The van der Waals surface area contributed by atoms with E-state index in [1.165, 1.54) is 17.1 Å². The maximum atomic E-state index is 12.6. The van der Waals surface area contributed by atoms with Gasteiger partial charge < -0.3 is 5.32 Å². The van der Waals surface area contributed by atoms with Crippen molar-refractivity contribution in [1.29, 1.82) is 0 Å². The molecule has 0 radical (unpaired) electrons. The molecule has 116 valence electrons. The lowest BCUT2D eigenvalue weighted by Gasteiger charge is -2.33. The third-order valence-corrected chi connectivity index (χ3v) is 6.72. The molecule has 6 heteroatoms. The molecule has 1 aromatic rings. The van der Waals surface area contributed by atoms with E-state index < -0.39 is 10.0 Å². The lowest BCUT2D eigenvalue weighted by atomic mass is 9.94. The molecule has 0 spiro atoms. The maximum absolute atomic E-state index is 12.6. The molecule has 0 aromatic heterocycles. The second-order valence-electron chi connectivity index (χ2n) is 6.01. The zero-order chi connectivity index (χ0) is 15.0. The molecule has 2 saturated carbocycles. The summed E-state index contributed by atoms with van der Waals surface area (Å²) < 4.78 is 26.8. The average molecular weight is 329 g/mol. The highest BCUT2D eigenvalue weighted by Gasteiger charge is 2.32. The summed E-state index contributed by atoms with van der Waals surface area (Å²) in [6.45, 7) is 0.625. The first-order valence-electron chi connectivity index (χ1n) is 7.48. The largest absolute Gasteiger partial charge is 0.310 e. The van der Waals surface area contributed by atoms with Gasteiger partial charge in [0.2, 0.25) is 10.0 Å². The van der Waals surface area contributed by atoms with E-state index in [9.17, 15) is 8.42 Å². The Hall–Kier alpha value is -0.620. The highest BCUT2D eigenvalue weighted by molar-refractivity contribution is 7.89. The molecule has 1 N–H and O–H groups in total. The van der Waals surface area contributed by atoms with E-state index in [0.717, 1.165) is 24.8 Å². The van der Waals surface area contributed by atoms with Gasteiger partial charge in [0.25, 0.3) is 0 Å². The van der Waals surface area contributed by atoms with Crippen LogP contribution in [-0.4, -0.2) is 31.9 Å². The van der Waals surface area contributed by atoms with E-state index >= 15 is 0 Å². The SMILES string of the molecule is CN(C1CCC1)S(=O)(=O)c1ccc(Cl)c(CNC2CC2)c1. The minimum atomic E-state index is -3.41. The number of benzene rings is 1. The number of hydrogen-bond acceptors (Lipinski definition) is 3. The Labute approximate surface area is 131 Å². The second-order valence-corrected chi connectivity index (χ2v) is 8.42. The highest BCUT2D eigenvalue weighted by atomic mass is 35.5. The fourth-order valence-electron chi connectivity index (χ4n) is 2.50. The molecule has 2 aliphatic rings. The Balaban J connectivity index is 1.81. The van der Waals surface area contributed by atoms with Crippen molar-refractivity contribution in [3.05, 3.63) is 28.8 Å². The van der Waals surface area contributed by atoms with Crippen LogP contribution in [0.2, 0.25) is 5.02 Å². The van der Waals surface area contributed by atoms with Crippen molar-refractivity contribution in [2.75, 3.05) is 7.05 Å². The Morgan fingerprint density at radius 2 is 2.00 bits per heavy atom. The molecule has 2 aliphatic carbocycles. The van der Waals surface area contributed by atoms with Crippen molar-refractivity contribution in [2.45, 2.75) is 55.6 Å². The first-order chi connectivity index (χ1) is 9.98. The number of halogens is 1. The molecule has 0 unspecified atom stereocenters. The first-order valence-corrected chi connectivity index (χ1v) is 9.30. The molecule has 0 amide bonds. The van der Waals surface area contributed by atoms with Crippen LogP contribution in [0.4, 0.5) is 0 Å². The third-order valence-electron chi connectivity index (χ3n) is 4.44. The zero-order valence-corrected chi connectivity index (χ0v) is 13.8. The molecule has 0 saturated heterocycles. The Bertz CT molecular complexity index is 625. The van der Waals surface area contributed by atoms with E-state index in [1.807, 2.05) is 0 Å². The fraction of sp³-hybridized carbons (Fsp3) is 0.600. The van der Waals surface area contributed by atoms with Crippen LogP contribution in [0.15, 0.2) is 23.1 Å². The van der Waals surface area contributed by atoms with Gasteiger partial charge in [0.1, 0.15) is 0 Å². The van der Waals surface area contributed by atoms with Crippen LogP contribution >= 0.6 is 11.6 Å². The van der Waals surface area contributed by atoms with Gasteiger partial charge in [0, 0.05) is 30.7 Å². The van der Waals surface area contributed by atoms with Crippen LogP contribution in [0.1, 0.15) is 37.7 Å². The number of hydrogen-bond donors (Lipinski definition) is 1. The van der Waals surface area contributed by atoms with Crippen LogP contribution in [0.25, 0.3) is 0 Å². The standard InChI is InChI=1S/C15H21ClN2O2S/c1-18(13-3-2-4-13)21(19,20)14-7-8-15(16)11(9-14)10-17-12-5-6-12/h7-9,12-13,17H,2-6,10H2,1H3. The van der Waals surface area contributed by atoms with Crippen molar-refractivity contribution >= 4 is 21.6 Å².